The average Bonchev–Trinajstić information content (AvgIpc) is 3.59. The summed E-state index contributed by atoms with van der Waals surface area (Å²) in [5, 5.41) is 84.9. The molecule has 314 valence electrons. The number of nitrogens with one attached hydrogen (secondary N) is 2. The lowest BCUT2D eigenvalue weighted by molar-refractivity contribution is -0.323. The fourth-order valence-electron chi connectivity index (χ4n) is 7.18. The first-order chi connectivity index (χ1) is 26.5. The number of carbonyl (C=O) groups is 1. The number of aliphatic hydroxyl groups excluding tert-OH is 8. The lowest BCUT2D eigenvalue weighted by Gasteiger charge is -2.42. The van der Waals surface area contributed by atoms with Gasteiger partial charge in [0.05, 0.1) is 19.3 Å². The highest BCUT2D eigenvalue weighted by molar-refractivity contribution is 5.84. The van der Waals surface area contributed by atoms with E-state index < -0.39 is 74.6 Å². The van der Waals surface area contributed by atoms with Crippen LogP contribution in [0.4, 0.5) is 0 Å². The molecule has 10 N–H and O–H groups in total. The summed E-state index contributed by atoms with van der Waals surface area (Å²) in [7, 11) is 0. The molecule has 4 rings (SSSR count). The van der Waals surface area contributed by atoms with E-state index in [1.54, 1.807) is 18.2 Å². The molecule has 1 aromatic heterocycles. The number of fused-ring (bicyclic) bond motifs is 1. The molecule has 11 atom stereocenters. The van der Waals surface area contributed by atoms with Gasteiger partial charge < -0.3 is 70.1 Å². The summed E-state index contributed by atoms with van der Waals surface area (Å²) in [6.07, 6.45) is 3.68. The van der Waals surface area contributed by atoms with Crippen molar-refractivity contribution in [3.63, 3.8) is 0 Å². The van der Waals surface area contributed by atoms with Crippen LogP contribution in [0.5, 0.6) is 5.75 Å². The smallest absolute Gasteiger partial charge is 0.229 e. The second-order valence-electron chi connectivity index (χ2n) is 15.1. The third-order valence-corrected chi connectivity index (χ3v) is 10.8. The van der Waals surface area contributed by atoms with Gasteiger partial charge in [0.1, 0.15) is 54.6 Å². The number of hydrogen-bond donors (Lipinski definition) is 10. The van der Waals surface area contributed by atoms with E-state index in [1.165, 1.54) is 51.4 Å². The van der Waals surface area contributed by atoms with Gasteiger partial charge in [-0.1, -0.05) is 77.6 Å². The molecule has 15 heteroatoms. The van der Waals surface area contributed by atoms with Crippen molar-refractivity contribution in [2.24, 2.45) is 0 Å². The van der Waals surface area contributed by atoms with Crippen LogP contribution < -0.4 is 10.1 Å². The number of unbranched alkanes of at least 4 members (excludes halogenated alkanes) is 11. The maximum atomic E-state index is 12.5. The molecule has 2 aromatic rings. The number of aromatic nitrogens is 1. The van der Waals surface area contributed by atoms with Crippen LogP contribution in [0.25, 0.3) is 10.9 Å². The largest absolute Gasteiger partial charge is 0.462 e. The van der Waals surface area contributed by atoms with Crippen LogP contribution in [0.15, 0.2) is 24.4 Å². The molecule has 0 aliphatic carbocycles. The Morgan fingerprint density at radius 2 is 1.36 bits per heavy atom. The Morgan fingerprint density at radius 1 is 0.782 bits per heavy atom. The minimum atomic E-state index is -1.68. The number of aliphatic hydroxyl groups is 8. The molecule has 2 saturated heterocycles. The number of ether oxygens (including phenoxy) is 4. The lowest BCUT2D eigenvalue weighted by Crippen LogP contribution is -2.62. The van der Waals surface area contributed by atoms with E-state index >= 15 is 0 Å². The third-order valence-electron chi connectivity index (χ3n) is 10.8. The quantitative estimate of drug-likeness (QED) is 0.0650. The van der Waals surface area contributed by atoms with Crippen molar-refractivity contribution in [1.82, 2.24) is 10.3 Å². The summed E-state index contributed by atoms with van der Waals surface area (Å²) in [6.45, 7) is 1.38. The second kappa shape index (κ2) is 23.7. The SMILES string of the molecule is CCC(O)CCCCCCCCCCCCCCC(=O)NCCc1c[nH]c2ccc(O[C@@H]3O[C@H](COC4O[C@H](CO)[C@@H](O)[C@H](O)[C@H]4O)[C@@H](O)[C@H](O)[C@H]3O)cc12. The maximum absolute atomic E-state index is 12.5. The van der Waals surface area contributed by atoms with Crippen LogP contribution in [0, 0.1) is 0 Å². The Labute approximate surface area is 324 Å². The zero-order valence-electron chi connectivity index (χ0n) is 32.2. The molecule has 2 aliphatic heterocycles. The first-order valence-corrected chi connectivity index (χ1v) is 20.4. The highest BCUT2D eigenvalue weighted by Crippen LogP contribution is 2.30. The Kier molecular flexibility index (Phi) is 19.5. The number of aromatic amines is 1. The summed E-state index contributed by atoms with van der Waals surface area (Å²) in [6, 6.07) is 5.19. The van der Waals surface area contributed by atoms with Crippen molar-refractivity contribution in [2.75, 3.05) is 19.8 Å². The minimum absolute atomic E-state index is 0.0299. The van der Waals surface area contributed by atoms with Gasteiger partial charge >= 0.3 is 0 Å². The second-order valence-corrected chi connectivity index (χ2v) is 15.1. The molecule has 0 spiro atoms. The van der Waals surface area contributed by atoms with E-state index in [4.69, 9.17) is 18.9 Å². The zero-order chi connectivity index (χ0) is 39.7. The molecule has 2 aliphatic rings. The Bertz CT molecular complexity index is 1380. The molecule has 3 heterocycles. The Hall–Kier alpha value is -2.41. The Balaban J connectivity index is 1.13. The van der Waals surface area contributed by atoms with Crippen LogP contribution >= 0.6 is 0 Å². The van der Waals surface area contributed by atoms with Crippen LogP contribution in [0.3, 0.4) is 0 Å². The molecule has 0 radical (unpaired) electrons. The van der Waals surface area contributed by atoms with Gasteiger partial charge in [0.25, 0.3) is 0 Å². The molecule has 55 heavy (non-hydrogen) atoms. The molecule has 15 nitrogen and oxygen atoms in total. The minimum Gasteiger partial charge on any atom is -0.462 e. The monoisotopic (exact) mass is 782 g/mol. The lowest BCUT2D eigenvalue weighted by atomic mass is 9.98. The van der Waals surface area contributed by atoms with Gasteiger partial charge in [0, 0.05) is 30.1 Å². The number of benzene rings is 1. The molecule has 2 fully saturated rings. The van der Waals surface area contributed by atoms with E-state index in [2.05, 4.69) is 10.3 Å². The highest BCUT2D eigenvalue weighted by atomic mass is 16.7. The zero-order valence-corrected chi connectivity index (χ0v) is 32.2. The highest BCUT2D eigenvalue weighted by Gasteiger charge is 2.48. The van der Waals surface area contributed by atoms with E-state index in [1.807, 2.05) is 13.1 Å². The van der Waals surface area contributed by atoms with Crippen molar-refractivity contribution < 1.29 is 64.6 Å². The molecule has 1 aromatic carbocycles. The molecule has 0 saturated carbocycles. The van der Waals surface area contributed by atoms with Gasteiger partial charge in [-0.25, -0.2) is 0 Å². The van der Waals surface area contributed by atoms with Crippen LogP contribution in [0.2, 0.25) is 0 Å². The van der Waals surface area contributed by atoms with Gasteiger partial charge in [-0.05, 0) is 49.4 Å². The third kappa shape index (κ3) is 13.9. The first-order valence-electron chi connectivity index (χ1n) is 20.4. The maximum Gasteiger partial charge on any atom is 0.229 e. The van der Waals surface area contributed by atoms with Crippen molar-refractivity contribution in [1.29, 1.82) is 0 Å². The molecule has 0 bridgehead atoms. The summed E-state index contributed by atoms with van der Waals surface area (Å²) >= 11 is 0. The fraction of sp³-hybridized carbons (Fsp3) is 0.775. The van der Waals surface area contributed by atoms with Crippen molar-refractivity contribution >= 4 is 16.8 Å². The fourth-order valence-corrected chi connectivity index (χ4v) is 7.18. The standard InChI is InChI=1S/C40H66N2O13/c1-2-26(44)15-13-11-9-7-5-3-4-6-8-10-12-14-16-32(45)41-20-19-25-22-42-29-18-17-27(21-28(25)29)53-40-38(51)36(49)34(47)31(55-40)24-52-39-37(50)35(48)33(46)30(23-43)54-39/h17-18,21-22,26,30-31,33-40,42-44,46-51H,2-16,19-20,23-24H2,1H3,(H,41,45)/t26?,30-,31-,33-,34-,35+,36+,37-,38-,39?,40-/m1/s1. The topological polar surface area (TPSA) is 244 Å². The normalized spacial score (nSPS) is 29.0. The van der Waals surface area contributed by atoms with Gasteiger partial charge in [-0.3, -0.25) is 4.79 Å². The van der Waals surface area contributed by atoms with Crippen molar-refractivity contribution in [2.45, 2.75) is 177 Å². The van der Waals surface area contributed by atoms with E-state index in [9.17, 15) is 45.6 Å². The summed E-state index contributed by atoms with van der Waals surface area (Å²) in [4.78, 5) is 15.7. The van der Waals surface area contributed by atoms with E-state index in [0.717, 1.165) is 55.0 Å². The first kappa shape index (κ1) is 45.3. The predicted octanol–water partition coefficient (Wildman–Crippen LogP) is 2.06. The number of amides is 1. The Morgan fingerprint density at radius 3 is 2.00 bits per heavy atom. The number of H-pyrrole nitrogens is 1. The number of hydrogen-bond acceptors (Lipinski definition) is 13. The number of rotatable bonds is 25. The van der Waals surface area contributed by atoms with Gasteiger partial charge in [-0.2, -0.15) is 0 Å². The molecular formula is C40H66N2O13. The summed E-state index contributed by atoms with van der Waals surface area (Å²) < 4.78 is 22.5. The van der Waals surface area contributed by atoms with Crippen molar-refractivity contribution in [3.8, 4) is 5.75 Å². The van der Waals surface area contributed by atoms with Gasteiger partial charge in [-0.15, -0.1) is 0 Å². The van der Waals surface area contributed by atoms with Crippen LogP contribution in [-0.4, -0.2) is 139 Å². The van der Waals surface area contributed by atoms with Crippen LogP contribution in [0.1, 0.15) is 109 Å². The van der Waals surface area contributed by atoms with Gasteiger partial charge in [0.15, 0.2) is 6.29 Å². The van der Waals surface area contributed by atoms with E-state index in [-0.39, 0.29) is 12.0 Å². The van der Waals surface area contributed by atoms with Crippen LogP contribution in [-0.2, 0) is 25.4 Å². The summed E-state index contributed by atoms with van der Waals surface area (Å²) in [5.41, 5.74) is 1.78. The molecular weight excluding hydrogens is 716 g/mol. The van der Waals surface area contributed by atoms with Gasteiger partial charge in [0.2, 0.25) is 12.2 Å². The average molecular weight is 783 g/mol. The van der Waals surface area contributed by atoms with E-state index in [0.29, 0.717) is 25.1 Å². The van der Waals surface area contributed by atoms with Crippen molar-refractivity contribution in [3.05, 3.63) is 30.0 Å². The predicted molar refractivity (Wildman–Crippen MR) is 203 cm³/mol. The molecule has 1 amide bonds. The summed E-state index contributed by atoms with van der Waals surface area (Å²) in [5.74, 6) is 0.344. The number of carbonyl (C=O) groups excluding carboxylic acids is 1. The molecule has 2 unspecified atom stereocenters.